The summed E-state index contributed by atoms with van der Waals surface area (Å²) in [5.41, 5.74) is 2.88. The number of benzene rings is 2. The van der Waals surface area contributed by atoms with Crippen LogP contribution >= 0.6 is 11.6 Å². The molecule has 0 saturated carbocycles. The number of nitrogens with one attached hydrogen (secondary N) is 1. The Morgan fingerprint density at radius 2 is 1.80 bits per heavy atom. The van der Waals surface area contributed by atoms with Crippen LogP contribution in [0.1, 0.15) is 0 Å². The molecule has 20 heavy (non-hydrogen) atoms. The molecule has 6 heteroatoms. The molecule has 3 rings (SSSR count). The van der Waals surface area contributed by atoms with Gasteiger partial charge in [0.05, 0.1) is 7.11 Å². The fraction of sp³-hybridized carbons (Fsp3) is 0.0714. The Bertz CT molecular complexity index is 711. The number of aromatic amines is 1. The van der Waals surface area contributed by atoms with Crippen molar-refractivity contribution in [1.82, 2.24) is 20.6 Å². The minimum absolute atomic E-state index is 0.634. The molecule has 0 aliphatic heterocycles. The van der Waals surface area contributed by atoms with Crippen molar-refractivity contribution in [2.24, 2.45) is 0 Å². The summed E-state index contributed by atoms with van der Waals surface area (Å²) in [7, 11) is 1.64. The van der Waals surface area contributed by atoms with E-state index < -0.39 is 0 Å². The van der Waals surface area contributed by atoms with E-state index in [1.54, 1.807) is 13.2 Å². The Balaban J connectivity index is 2.01. The van der Waals surface area contributed by atoms with Crippen molar-refractivity contribution in [3.63, 3.8) is 0 Å². The van der Waals surface area contributed by atoms with Crippen molar-refractivity contribution in [2.75, 3.05) is 7.11 Å². The molecule has 3 aromatic rings. The van der Waals surface area contributed by atoms with Gasteiger partial charge in [0.25, 0.3) is 0 Å². The number of nitrogens with zero attached hydrogens (tertiary/aromatic N) is 3. The van der Waals surface area contributed by atoms with Crippen molar-refractivity contribution in [1.29, 1.82) is 0 Å². The lowest BCUT2D eigenvalue weighted by Crippen LogP contribution is -1.88. The molecule has 1 heterocycles. The van der Waals surface area contributed by atoms with Crippen molar-refractivity contribution in [3.05, 3.63) is 47.5 Å². The Labute approximate surface area is 120 Å². The highest BCUT2D eigenvalue weighted by atomic mass is 35.5. The minimum Gasteiger partial charge on any atom is -0.496 e. The van der Waals surface area contributed by atoms with Crippen molar-refractivity contribution >= 4 is 11.6 Å². The van der Waals surface area contributed by atoms with Gasteiger partial charge in [-0.1, -0.05) is 35.9 Å². The highest BCUT2D eigenvalue weighted by Gasteiger charge is 2.08. The number of tetrazole rings is 1. The summed E-state index contributed by atoms with van der Waals surface area (Å²) in [5.74, 6) is 1.41. The molecule has 0 fully saturated rings. The lowest BCUT2D eigenvalue weighted by molar-refractivity contribution is 0.416. The number of ether oxygens (including phenoxy) is 1. The molecular weight excluding hydrogens is 276 g/mol. The van der Waals surface area contributed by atoms with Crippen LogP contribution in [-0.2, 0) is 0 Å². The number of methoxy groups -OCH3 is 1. The van der Waals surface area contributed by atoms with E-state index in [1.165, 1.54) is 0 Å². The normalized spacial score (nSPS) is 10.5. The highest BCUT2D eigenvalue weighted by molar-refractivity contribution is 6.31. The summed E-state index contributed by atoms with van der Waals surface area (Å²) < 4.78 is 5.36. The maximum absolute atomic E-state index is 6.05. The van der Waals surface area contributed by atoms with Crippen molar-refractivity contribution in [2.45, 2.75) is 0 Å². The SMILES string of the molecule is COc1ccc(Cl)cc1-c1ccc(-c2nnn[nH]2)cc1. The maximum atomic E-state index is 6.05. The van der Waals surface area contributed by atoms with Gasteiger partial charge in [-0.3, -0.25) is 0 Å². The molecular formula is C14H11ClN4O. The van der Waals surface area contributed by atoms with E-state index >= 15 is 0 Å². The van der Waals surface area contributed by atoms with Crippen LogP contribution in [0.4, 0.5) is 0 Å². The predicted octanol–water partition coefficient (Wildman–Crippen LogP) is 3.20. The molecule has 2 aromatic carbocycles. The quantitative estimate of drug-likeness (QED) is 0.803. The van der Waals surface area contributed by atoms with E-state index in [4.69, 9.17) is 16.3 Å². The Kier molecular flexibility index (Phi) is 3.35. The highest BCUT2D eigenvalue weighted by Crippen LogP contribution is 2.33. The van der Waals surface area contributed by atoms with Crippen LogP contribution < -0.4 is 4.74 Å². The van der Waals surface area contributed by atoms with E-state index in [0.717, 1.165) is 22.4 Å². The molecule has 0 radical (unpaired) electrons. The molecule has 5 nitrogen and oxygen atoms in total. The molecule has 0 atom stereocenters. The Morgan fingerprint density at radius 1 is 1.05 bits per heavy atom. The van der Waals surface area contributed by atoms with Crippen LogP contribution in [0, 0.1) is 0 Å². The molecule has 0 saturated heterocycles. The van der Waals surface area contributed by atoms with Crippen molar-refractivity contribution < 1.29 is 4.74 Å². The summed E-state index contributed by atoms with van der Waals surface area (Å²) in [4.78, 5) is 0. The molecule has 0 aliphatic carbocycles. The number of rotatable bonds is 3. The van der Waals surface area contributed by atoms with E-state index in [9.17, 15) is 0 Å². The van der Waals surface area contributed by atoms with Crippen LogP contribution in [0.2, 0.25) is 5.02 Å². The second-order valence-corrected chi connectivity index (χ2v) is 4.61. The van der Waals surface area contributed by atoms with Crippen LogP contribution in [0.3, 0.4) is 0 Å². The first-order chi connectivity index (χ1) is 9.78. The van der Waals surface area contributed by atoms with E-state index in [2.05, 4.69) is 20.6 Å². The molecule has 0 unspecified atom stereocenters. The third kappa shape index (κ3) is 2.35. The van der Waals surface area contributed by atoms with E-state index in [-0.39, 0.29) is 0 Å². The number of halogens is 1. The maximum Gasteiger partial charge on any atom is 0.179 e. The topological polar surface area (TPSA) is 63.7 Å². The molecule has 100 valence electrons. The summed E-state index contributed by atoms with van der Waals surface area (Å²) in [6.45, 7) is 0. The van der Waals surface area contributed by atoms with Crippen LogP contribution in [-0.4, -0.2) is 27.7 Å². The molecule has 1 N–H and O–H groups in total. The van der Waals surface area contributed by atoms with Crippen LogP contribution in [0.25, 0.3) is 22.5 Å². The van der Waals surface area contributed by atoms with Gasteiger partial charge in [0.2, 0.25) is 0 Å². The molecule has 0 amide bonds. The second-order valence-electron chi connectivity index (χ2n) is 4.17. The summed E-state index contributed by atoms with van der Waals surface area (Å²) in [6, 6.07) is 13.4. The average molecular weight is 287 g/mol. The van der Waals surface area contributed by atoms with E-state index in [1.807, 2.05) is 36.4 Å². The van der Waals surface area contributed by atoms with Gasteiger partial charge in [0.15, 0.2) is 5.82 Å². The number of aromatic nitrogens is 4. The Morgan fingerprint density at radius 3 is 2.45 bits per heavy atom. The lowest BCUT2D eigenvalue weighted by Gasteiger charge is -2.09. The zero-order valence-corrected chi connectivity index (χ0v) is 11.4. The minimum atomic E-state index is 0.634. The van der Waals surface area contributed by atoms with Crippen LogP contribution in [0.15, 0.2) is 42.5 Å². The van der Waals surface area contributed by atoms with Crippen molar-refractivity contribution in [3.8, 4) is 28.3 Å². The van der Waals surface area contributed by atoms with Gasteiger partial charge in [0.1, 0.15) is 5.75 Å². The molecule has 1 aromatic heterocycles. The Hall–Kier alpha value is -2.40. The second kappa shape index (κ2) is 5.30. The van der Waals surface area contributed by atoms with Gasteiger partial charge in [-0.05, 0) is 34.2 Å². The van der Waals surface area contributed by atoms with Crippen LogP contribution in [0.5, 0.6) is 5.75 Å². The van der Waals surface area contributed by atoms with Gasteiger partial charge in [0, 0.05) is 16.1 Å². The molecule has 0 aliphatic rings. The zero-order chi connectivity index (χ0) is 13.9. The van der Waals surface area contributed by atoms with Gasteiger partial charge in [-0.2, -0.15) is 0 Å². The monoisotopic (exact) mass is 286 g/mol. The van der Waals surface area contributed by atoms with Gasteiger partial charge < -0.3 is 4.74 Å². The molecule has 0 bridgehead atoms. The first kappa shape index (κ1) is 12.6. The summed E-state index contributed by atoms with van der Waals surface area (Å²) in [6.07, 6.45) is 0. The fourth-order valence-corrected chi connectivity index (χ4v) is 2.17. The number of hydrogen-bond acceptors (Lipinski definition) is 4. The predicted molar refractivity (Wildman–Crippen MR) is 76.6 cm³/mol. The molecule has 0 spiro atoms. The summed E-state index contributed by atoms with van der Waals surface area (Å²) in [5, 5.41) is 14.4. The average Bonchev–Trinajstić information content (AvgIpc) is 3.02. The first-order valence-electron chi connectivity index (χ1n) is 5.96. The smallest absolute Gasteiger partial charge is 0.179 e. The standard InChI is InChI=1S/C14H11ClN4O/c1-20-13-7-6-11(15)8-12(13)9-2-4-10(5-3-9)14-16-18-19-17-14/h2-8H,1H3,(H,16,17,18,19). The lowest BCUT2D eigenvalue weighted by atomic mass is 10.0. The third-order valence-corrected chi connectivity index (χ3v) is 3.21. The van der Waals surface area contributed by atoms with Gasteiger partial charge >= 0.3 is 0 Å². The number of hydrogen-bond donors (Lipinski definition) is 1. The van der Waals surface area contributed by atoms with E-state index in [0.29, 0.717) is 10.8 Å². The first-order valence-corrected chi connectivity index (χ1v) is 6.34. The van der Waals surface area contributed by atoms with Gasteiger partial charge in [-0.15, -0.1) is 5.10 Å². The zero-order valence-electron chi connectivity index (χ0n) is 10.7. The van der Waals surface area contributed by atoms with Gasteiger partial charge in [-0.25, -0.2) is 5.10 Å². The number of H-pyrrole nitrogens is 1. The third-order valence-electron chi connectivity index (χ3n) is 2.98. The fourth-order valence-electron chi connectivity index (χ4n) is 1.99. The summed E-state index contributed by atoms with van der Waals surface area (Å²) >= 11 is 6.05. The largest absolute Gasteiger partial charge is 0.496 e.